The molecular formula is C14H17N3S. The summed E-state index contributed by atoms with van der Waals surface area (Å²) in [4.78, 5) is 5.41. The van der Waals surface area contributed by atoms with Crippen LogP contribution in [0.3, 0.4) is 0 Å². The lowest BCUT2D eigenvalue weighted by Gasteiger charge is -2.16. The predicted octanol–water partition coefficient (Wildman–Crippen LogP) is 2.75. The highest BCUT2D eigenvalue weighted by atomic mass is 32.2. The molecule has 0 radical (unpaired) electrons. The summed E-state index contributed by atoms with van der Waals surface area (Å²) in [6.45, 7) is 2.15. The summed E-state index contributed by atoms with van der Waals surface area (Å²) in [6.07, 6.45) is 3.59. The molecule has 0 fully saturated rings. The van der Waals surface area contributed by atoms with Crippen molar-refractivity contribution in [1.82, 2.24) is 10.4 Å². The van der Waals surface area contributed by atoms with Gasteiger partial charge in [0, 0.05) is 17.3 Å². The number of nitrogens with one attached hydrogen (secondary N) is 1. The van der Waals surface area contributed by atoms with Crippen LogP contribution in [0.2, 0.25) is 0 Å². The second-order valence-electron chi connectivity index (χ2n) is 3.89. The molecule has 18 heavy (non-hydrogen) atoms. The smallest absolute Gasteiger partial charge is 0.0725 e. The molecule has 3 nitrogen and oxygen atoms in total. The van der Waals surface area contributed by atoms with Crippen LogP contribution in [0, 0.1) is 0 Å². The van der Waals surface area contributed by atoms with Gasteiger partial charge in [0.2, 0.25) is 0 Å². The van der Waals surface area contributed by atoms with Gasteiger partial charge in [0.25, 0.3) is 0 Å². The van der Waals surface area contributed by atoms with Gasteiger partial charge in [-0.25, -0.2) is 5.43 Å². The first kappa shape index (κ1) is 13.1. The number of hydrazine groups is 1. The maximum atomic E-state index is 5.65. The third-order valence-corrected chi connectivity index (χ3v) is 3.60. The molecule has 4 heteroatoms. The zero-order chi connectivity index (χ0) is 12.8. The first-order valence-corrected chi connectivity index (χ1v) is 6.92. The van der Waals surface area contributed by atoms with E-state index in [1.807, 2.05) is 30.1 Å². The van der Waals surface area contributed by atoms with E-state index in [2.05, 4.69) is 41.6 Å². The Balaban J connectivity index is 2.23. The fraction of sp³-hybridized carbons (Fsp3) is 0.214. The summed E-state index contributed by atoms with van der Waals surface area (Å²) < 4.78 is 0. The van der Waals surface area contributed by atoms with Gasteiger partial charge in [0.15, 0.2) is 0 Å². The van der Waals surface area contributed by atoms with E-state index < -0.39 is 0 Å². The van der Waals surface area contributed by atoms with E-state index in [1.54, 1.807) is 6.20 Å². The Bertz CT molecular complexity index is 470. The van der Waals surface area contributed by atoms with E-state index in [0.29, 0.717) is 0 Å². The van der Waals surface area contributed by atoms with Gasteiger partial charge in [-0.3, -0.25) is 10.8 Å². The van der Waals surface area contributed by atoms with Crippen molar-refractivity contribution in [3.63, 3.8) is 0 Å². The molecule has 3 N–H and O–H groups in total. The number of hydrogen-bond donors (Lipinski definition) is 2. The van der Waals surface area contributed by atoms with Crippen molar-refractivity contribution in [2.24, 2.45) is 5.84 Å². The average Bonchev–Trinajstić information content (AvgIpc) is 2.43. The van der Waals surface area contributed by atoms with Gasteiger partial charge in [-0.05, 0) is 35.1 Å². The van der Waals surface area contributed by atoms with Crippen LogP contribution in [0.4, 0.5) is 0 Å². The van der Waals surface area contributed by atoms with E-state index in [9.17, 15) is 0 Å². The maximum Gasteiger partial charge on any atom is 0.0725 e. The minimum Gasteiger partial charge on any atom is -0.271 e. The fourth-order valence-electron chi connectivity index (χ4n) is 1.85. The van der Waals surface area contributed by atoms with Gasteiger partial charge in [0.05, 0.1) is 6.04 Å². The molecule has 1 atom stereocenters. The summed E-state index contributed by atoms with van der Waals surface area (Å²) in [6, 6.07) is 12.4. The standard InChI is InChI=1S/C14H17N3S/c1-2-18-13-7-5-11(6-8-13)14(17-15)12-4-3-9-16-10-12/h3-10,14,17H,2,15H2,1H3. The summed E-state index contributed by atoms with van der Waals surface area (Å²) in [5.74, 6) is 6.73. The molecule has 1 heterocycles. The second-order valence-corrected chi connectivity index (χ2v) is 5.23. The second kappa shape index (κ2) is 6.54. The van der Waals surface area contributed by atoms with Crippen molar-refractivity contribution in [2.45, 2.75) is 17.9 Å². The molecule has 0 aliphatic rings. The van der Waals surface area contributed by atoms with Crippen molar-refractivity contribution in [3.05, 3.63) is 59.9 Å². The molecule has 0 amide bonds. The molecule has 0 aliphatic carbocycles. The van der Waals surface area contributed by atoms with E-state index in [4.69, 9.17) is 5.84 Å². The lowest BCUT2D eigenvalue weighted by molar-refractivity contribution is 0.634. The molecule has 0 spiro atoms. The Morgan fingerprint density at radius 3 is 2.56 bits per heavy atom. The molecule has 2 rings (SSSR count). The van der Waals surface area contributed by atoms with E-state index in [-0.39, 0.29) is 6.04 Å². The summed E-state index contributed by atoms with van der Waals surface area (Å²) in [7, 11) is 0. The highest BCUT2D eigenvalue weighted by molar-refractivity contribution is 7.99. The van der Waals surface area contributed by atoms with Gasteiger partial charge >= 0.3 is 0 Å². The first-order valence-electron chi connectivity index (χ1n) is 5.94. The molecule has 0 aliphatic heterocycles. The minimum atomic E-state index is -0.0145. The lowest BCUT2D eigenvalue weighted by atomic mass is 10.0. The van der Waals surface area contributed by atoms with Crippen molar-refractivity contribution in [1.29, 1.82) is 0 Å². The maximum absolute atomic E-state index is 5.65. The molecule has 0 saturated heterocycles. The van der Waals surface area contributed by atoms with Crippen LogP contribution < -0.4 is 11.3 Å². The van der Waals surface area contributed by atoms with Gasteiger partial charge in [-0.1, -0.05) is 25.1 Å². The summed E-state index contributed by atoms with van der Waals surface area (Å²) in [5, 5.41) is 0. The van der Waals surface area contributed by atoms with Crippen molar-refractivity contribution in [2.75, 3.05) is 5.75 Å². The molecule has 1 aromatic carbocycles. The van der Waals surface area contributed by atoms with E-state index in [1.165, 1.54) is 4.90 Å². The van der Waals surface area contributed by atoms with Crippen molar-refractivity contribution < 1.29 is 0 Å². The largest absolute Gasteiger partial charge is 0.271 e. The Kier molecular flexibility index (Phi) is 4.75. The van der Waals surface area contributed by atoms with Gasteiger partial charge in [-0.2, -0.15) is 0 Å². The van der Waals surface area contributed by atoms with Crippen molar-refractivity contribution >= 4 is 11.8 Å². The normalized spacial score (nSPS) is 12.3. The number of aromatic nitrogens is 1. The molecule has 2 aromatic rings. The summed E-state index contributed by atoms with van der Waals surface area (Å²) in [5.41, 5.74) is 5.05. The zero-order valence-electron chi connectivity index (χ0n) is 10.3. The average molecular weight is 259 g/mol. The third-order valence-electron chi connectivity index (χ3n) is 2.71. The number of pyridine rings is 1. The number of thioether (sulfide) groups is 1. The highest BCUT2D eigenvalue weighted by Crippen LogP contribution is 2.24. The molecular weight excluding hydrogens is 242 g/mol. The SMILES string of the molecule is CCSc1ccc(C(NN)c2cccnc2)cc1. The third kappa shape index (κ3) is 3.10. The Hall–Kier alpha value is -1.36. The monoisotopic (exact) mass is 259 g/mol. The lowest BCUT2D eigenvalue weighted by Crippen LogP contribution is -2.28. The molecule has 0 saturated carbocycles. The van der Waals surface area contributed by atoms with Gasteiger partial charge < -0.3 is 0 Å². The number of benzene rings is 1. The van der Waals surface area contributed by atoms with E-state index in [0.717, 1.165) is 16.9 Å². The predicted molar refractivity (Wildman–Crippen MR) is 76.2 cm³/mol. The Morgan fingerprint density at radius 2 is 2.00 bits per heavy atom. The van der Waals surface area contributed by atoms with Crippen LogP contribution >= 0.6 is 11.8 Å². The van der Waals surface area contributed by atoms with Crippen LogP contribution in [0.5, 0.6) is 0 Å². The van der Waals surface area contributed by atoms with Crippen LogP contribution in [0.1, 0.15) is 24.1 Å². The first-order chi connectivity index (χ1) is 8.85. The number of nitrogens with two attached hydrogens (primary N) is 1. The van der Waals surface area contributed by atoms with Gasteiger partial charge in [-0.15, -0.1) is 11.8 Å². The Labute approximate surface area is 112 Å². The molecule has 1 aromatic heterocycles. The van der Waals surface area contributed by atoms with Crippen molar-refractivity contribution in [3.8, 4) is 0 Å². The van der Waals surface area contributed by atoms with Crippen LogP contribution in [0.25, 0.3) is 0 Å². The zero-order valence-corrected chi connectivity index (χ0v) is 11.2. The quantitative estimate of drug-likeness (QED) is 0.492. The van der Waals surface area contributed by atoms with Crippen LogP contribution in [-0.2, 0) is 0 Å². The molecule has 94 valence electrons. The van der Waals surface area contributed by atoms with Crippen LogP contribution in [-0.4, -0.2) is 10.7 Å². The Morgan fingerprint density at radius 1 is 1.22 bits per heavy atom. The van der Waals surface area contributed by atoms with E-state index >= 15 is 0 Å². The highest BCUT2D eigenvalue weighted by Gasteiger charge is 2.11. The molecule has 0 bridgehead atoms. The minimum absolute atomic E-state index is 0.0145. The topological polar surface area (TPSA) is 50.9 Å². The number of hydrogen-bond acceptors (Lipinski definition) is 4. The molecule has 1 unspecified atom stereocenters. The summed E-state index contributed by atoms with van der Waals surface area (Å²) >= 11 is 1.84. The number of nitrogens with zero attached hydrogens (tertiary/aromatic N) is 1. The number of rotatable bonds is 5. The fourth-order valence-corrected chi connectivity index (χ4v) is 2.52. The van der Waals surface area contributed by atoms with Crippen LogP contribution in [0.15, 0.2) is 53.7 Å². The van der Waals surface area contributed by atoms with Gasteiger partial charge in [0.1, 0.15) is 0 Å².